The Morgan fingerprint density at radius 2 is 1.45 bits per heavy atom. The standard InChI is InChI=1S/C32H30Cl2N2O4/c1-39-29-13-7-5-11-25(29)20-35-32(38)28(19-23-9-3-2-4-10-23)36(21-24-15-17-26(33)18-16-24)31(37)22-40-30-14-8-6-12-27(30)34/h2-18,28H,19-22H2,1H3,(H,35,38)/t28-/m0/s1. The number of hydrogen-bond acceptors (Lipinski definition) is 4. The van der Waals surface area contributed by atoms with Gasteiger partial charge in [-0.15, -0.1) is 0 Å². The van der Waals surface area contributed by atoms with Gasteiger partial charge in [-0.25, -0.2) is 0 Å². The molecule has 0 spiro atoms. The number of nitrogens with zero attached hydrogens (tertiary/aromatic N) is 1. The predicted octanol–water partition coefficient (Wildman–Crippen LogP) is 6.34. The molecule has 4 aromatic carbocycles. The molecule has 0 aliphatic rings. The van der Waals surface area contributed by atoms with Gasteiger partial charge >= 0.3 is 0 Å². The summed E-state index contributed by atoms with van der Waals surface area (Å²) in [5, 5.41) is 3.99. The molecule has 1 atom stereocenters. The topological polar surface area (TPSA) is 67.9 Å². The van der Waals surface area contributed by atoms with Crippen LogP contribution >= 0.6 is 23.2 Å². The van der Waals surface area contributed by atoms with Gasteiger partial charge in [0.05, 0.1) is 12.1 Å². The van der Waals surface area contributed by atoms with Crippen LogP contribution < -0.4 is 14.8 Å². The zero-order valence-corrected chi connectivity index (χ0v) is 23.6. The first-order chi connectivity index (χ1) is 19.4. The maximum atomic E-state index is 13.8. The van der Waals surface area contributed by atoms with Crippen molar-refractivity contribution in [2.24, 2.45) is 0 Å². The molecule has 0 fully saturated rings. The monoisotopic (exact) mass is 576 g/mol. The molecule has 0 unspecified atom stereocenters. The summed E-state index contributed by atoms with van der Waals surface area (Å²) in [4.78, 5) is 29.1. The van der Waals surface area contributed by atoms with Gasteiger partial charge in [-0.2, -0.15) is 0 Å². The van der Waals surface area contributed by atoms with Crippen molar-refractivity contribution in [3.8, 4) is 11.5 Å². The Morgan fingerprint density at radius 3 is 2.15 bits per heavy atom. The molecule has 2 amide bonds. The van der Waals surface area contributed by atoms with Crippen molar-refractivity contribution in [2.45, 2.75) is 25.6 Å². The zero-order valence-electron chi connectivity index (χ0n) is 22.1. The number of halogens is 2. The van der Waals surface area contributed by atoms with Gasteiger partial charge in [0.2, 0.25) is 5.91 Å². The molecular formula is C32H30Cl2N2O4. The number of ether oxygens (including phenoxy) is 2. The fourth-order valence-corrected chi connectivity index (χ4v) is 4.59. The predicted molar refractivity (Wildman–Crippen MR) is 158 cm³/mol. The highest BCUT2D eigenvalue weighted by Crippen LogP contribution is 2.24. The summed E-state index contributed by atoms with van der Waals surface area (Å²) in [5.41, 5.74) is 2.57. The average molecular weight is 578 g/mol. The van der Waals surface area contributed by atoms with E-state index in [4.69, 9.17) is 32.7 Å². The second-order valence-corrected chi connectivity index (χ2v) is 9.95. The number of hydrogen-bond donors (Lipinski definition) is 1. The van der Waals surface area contributed by atoms with Gasteiger partial charge in [-0.1, -0.05) is 96.0 Å². The number of carbonyl (C=O) groups is 2. The lowest BCUT2D eigenvalue weighted by molar-refractivity contribution is -0.142. The van der Waals surface area contributed by atoms with Gasteiger partial charge in [-0.3, -0.25) is 9.59 Å². The van der Waals surface area contributed by atoms with Gasteiger partial charge in [0.25, 0.3) is 5.91 Å². The second kappa shape index (κ2) is 14.4. The van der Waals surface area contributed by atoms with Crippen LogP contribution in [0.5, 0.6) is 11.5 Å². The van der Waals surface area contributed by atoms with Crippen LogP contribution in [-0.4, -0.2) is 36.5 Å². The smallest absolute Gasteiger partial charge is 0.261 e. The van der Waals surface area contributed by atoms with Crippen molar-refractivity contribution in [3.05, 3.63) is 130 Å². The molecule has 0 aromatic heterocycles. The maximum absolute atomic E-state index is 13.8. The number of methoxy groups -OCH3 is 1. The third kappa shape index (κ3) is 8.01. The first-order valence-corrected chi connectivity index (χ1v) is 13.5. The van der Waals surface area contributed by atoms with Crippen LogP contribution in [0.1, 0.15) is 16.7 Å². The molecular weight excluding hydrogens is 547 g/mol. The van der Waals surface area contributed by atoms with Crippen molar-refractivity contribution in [2.75, 3.05) is 13.7 Å². The average Bonchev–Trinajstić information content (AvgIpc) is 2.98. The van der Waals surface area contributed by atoms with Gasteiger partial charge in [-0.05, 0) is 41.5 Å². The highest BCUT2D eigenvalue weighted by Gasteiger charge is 2.31. The molecule has 0 saturated heterocycles. The highest BCUT2D eigenvalue weighted by molar-refractivity contribution is 6.32. The van der Waals surface area contributed by atoms with Gasteiger partial charge in [0.15, 0.2) is 6.61 Å². The van der Waals surface area contributed by atoms with Crippen LogP contribution in [0.4, 0.5) is 0 Å². The Morgan fingerprint density at radius 1 is 0.800 bits per heavy atom. The summed E-state index contributed by atoms with van der Waals surface area (Å²) in [5.74, 6) is 0.409. The van der Waals surface area contributed by atoms with Crippen LogP contribution in [0, 0.1) is 0 Å². The molecule has 206 valence electrons. The Bertz CT molecular complexity index is 1410. The van der Waals surface area contributed by atoms with Crippen molar-refractivity contribution in [1.82, 2.24) is 10.2 Å². The minimum absolute atomic E-state index is 0.182. The lowest BCUT2D eigenvalue weighted by Gasteiger charge is -2.31. The molecule has 40 heavy (non-hydrogen) atoms. The van der Waals surface area contributed by atoms with Crippen LogP contribution in [0.2, 0.25) is 10.0 Å². The second-order valence-electron chi connectivity index (χ2n) is 9.10. The molecule has 4 aromatic rings. The van der Waals surface area contributed by atoms with Crippen molar-refractivity contribution in [1.29, 1.82) is 0 Å². The molecule has 0 saturated carbocycles. The van der Waals surface area contributed by atoms with Crippen molar-refractivity contribution in [3.63, 3.8) is 0 Å². The Kier molecular flexibility index (Phi) is 10.4. The van der Waals surface area contributed by atoms with Crippen LogP contribution in [0.3, 0.4) is 0 Å². The number of benzene rings is 4. The molecule has 8 heteroatoms. The number of nitrogens with one attached hydrogen (secondary N) is 1. The van der Waals surface area contributed by atoms with E-state index in [1.54, 1.807) is 48.4 Å². The molecule has 0 heterocycles. The third-order valence-electron chi connectivity index (χ3n) is 6.37. The lowest BCUT2D eigenvalue weighted by Crippen LogP contribution is -2.51. The van der Waals surface area contributed by atoms with Crippen LogP contribution in [-0.2, 0) is 29.1 Å². The molecule has 4 rings (SSSR count). The molecule has 0 bridgehead atoms. The van der Waals surface area contributed by atoms with Crippen LogP contribution in [0.15, 0.2) is 103 Å². The van der Waals surface area contributed by atoms with E-state index in [0.29, 0.717) is 28.0 Å². The fraction of sp³-hybridized carbons (Fsp3) is 0.188. The first-order valence-electron chi connectivity index (χ1n) is 12.8. The number of para-hydroxylation sites is 2. The van der Waals surface area contributed by atoms with E-state index in [1.807, 2.05) is 66.7 Å². The number of amides is 2. The molecule has 0 aliphatic heterocycles. The Labute approximate surface area is 244 Å². The third-order valence-corrected chi connectivity index (χ3v) is 6.93. The number of carbonyl (C=O) groups excluding carboxylic acids is 2. The van der Waals surface area contributed by atoms with E-state index in [2.05, 4.69) is 5.32 Å². The Balaban J connectivity index is 1.63. The molecule has 1 N–H and O–H groups in total. The summed E-state index contributed by atoms with van der Waals surface area (Å²) < 4.78 is 11.2. The lowest BCUT2D eigenvalue weighted by atomic mass is 10.0. The summed E-state index contributed by atoms with van der Waals surface area (Å²) in [6.07, 6.45) is 0.310. The zero-order chi connectivity index (χ0) is 28.3. The highest BCUT2D eigenvalue weighted by atomic mass is 35.5. The minimum Gasteiger partial charge on any atom is -0.496 e. The quantitative estimate of drug-likeness (QED) is 0.214. The summed E-state index contributed by atoms with van der Waals surface area (Å²) in [6.45, 7) is 0.136. The summed E-state index contributed by atoms with van der Waals surface area (Å²) >= 11 is 12.3. The van der Waals surface area contributed by atoms with E-state index in [0.717, 1.165) is 16.7 Å². The summed E-state index contributed by atoms with van der Waals surface area (Å²) in [7, 11) is 1.59. The normalized spacial score (nSPS) is 11.4. The fourth-order valence-electron chi connectivity index (χ4n) is 4.27. The van der Waals surface area contributed by atoms with E-state index in [9.17, 15) is 9.59 Å². The minimum atomic E-state index is -0.824. The van der Waals surface area contributed by atoms with Crippen molar-refractivity contribution >= 4 is 35.0 Å². The van der Waals surface area contributed by atoms with Crippen molar-refractivity contribution < 1.29 is 19.1 Å². The van der Waals surface area contributed by atoms with Gasteiger partial charge in [0, 0.05) is 30.1 Å². The van der Waals surface area contributed by atoms with Gasteiger partial charge < -0.3 is 19.7 Å². The number of rotatable bonds is 12. The SMILES string of the molecule is COc1ccccc1CNC(=O)[C@H](Cc1ccccc1)N(Cc1ccc(Cl)cc1)C(=O)COc1ccccc1Cl. The van der Waals surface area contributed by atoms with Gasteiger partial charge in [0.1, 0.15) is 17.5 Å². The molecule has 0 radical (unpaired) electrons. The van der Waals surface area contributed by atoms with E-state index in [1.165, 1.54) is 0 Å². The maximum Gasteiger partial charge on any atom is 0.261 e. The Hall–Kier alpha value is -4.00. The summed E-state index contributed by atoms with van der Waals surface area (Å²) in [6, 6.07) is 30.4. The van der Waals surface area contributed by atoms with Crippen LogP contribution in [0.25, 0.3) is 0 Å². The molecule has 0 aliphatic carbocycles. The largest absolute Gasteiger partial charge is 0.496 e. The van der Waals surface area contributed by atoms with E-state index >= 15 is 0 Å². The molecule has 6 nitrogen and oxygen atoms in total. The van der Waals surface area contributed by atoms with E-state index in [-0.39, 0.29) is 31.5 Å². The van der Waals surface area contributed by atoms with E-state index < -0.39 is 6.04 Å². The first kappa shape index (κ1) is 29.0.